The van der Waals surface area contributed by atoms with Gasteiger partial charge in [-0.15, -0.1) is 5.10 Å². The number of hydrogen-bond acceptors (Lipinski definition) is 5. The number of ether oxygens (including phenoxy) is 2. The summed E-state index contributed by atoms with van der Waals surface area (Å²) in [6, 6.07) is 15.8. The number of rotatable bonds is 8. The van der Waals surface area contributed by atoms with Gasteiger partial charge in [-0.05, 0) is 55.3 Å². The summed E-state index contributed by atoms with van der Waals surface area (Å²) in [5.41, 5.74) is 2.20. The number of aryl methyl sites for hydroxylation is 1. The Morgan fingerprint density at radius 2 is 1.92 bits per heavy atom. The Balaban J connectivity index is 1.44. The number of nitrogens with zero attached hydrogens (tertiary/aromatic N) is 2. The van der Waals surface area contributed by atoms with E-state index in [1.165, 1.54) is 5.56 Å². The van der Waals surface area contributed by atoms with Gasteiger partial charge in [0.25, 0.3) is 0 Å². The van der Waals surface area contributed by atoms with Gasteiger partial charge < -0.3 is 9.47 Å². The summed E-state index contributed by atoms with van der Waals surface area (Å²) in [5, 5.41) is 7.99. The van der Waals surface area contributed by atoms with Crippen molar-refractivity contribution in [3.8, 4) is 22.9 Å². The Labute approximate surface area is 151 Å². The highest BCUT2D eigenvalue weighted by molar-refractivity contribution is 7.99. The SMILES string of the molecule is COc1ccc(-c2nc(SCCCOc3cccc(C)c3)n[nH]2)cc1. The monoisotopic (exact) mass is 355 g/mol. The lowest BCUT2D eigenvalue weighted by molar-refractivity contribution is 0.318. The van der Waals surface area contributed by atoms with E-state index in [1.54, 1.807) is 18.9 Å². The number of benzene rings is 2. The zero-order valence-electron chi connectivity index (χ0n) is 14.4. The average Bonchev–Trinajstić information content (AvgIpc) is 3.10. The van der Waals surface area contributed by atoms with Gasteiger partial charge in [0.15, 0.2) is 5.82 Å². The molecule has 0 amide bonds. The van der Waals surface area contributed by atoms with E-state index in [4.69, 9.17) is 9.47 Å². The molecule has 25 heavy (non-hydrogen) atoms. The van der Waals surface area contributed by atoms with Crippen molar-refractivity contribution in [2.45, 2.75) is 18.5 Å². The van der Waals surface area contributed by atoms with E-state index in [0.29, 0.717) is 6.61 Å². The summed E-state index contributed by atoms with van der Waals surface area (Å²) in [7, 11) is 1.65. The lowest BCUT2D eigenvalue weighted by Gasteiger charge is -2.05. The third-order valence-electron chi connectivity index (χ3n) is 3.61. The molecule has 1 aromatic heterocycles. The molecular weight excluding hydrogens is 334 g/mol. The van der Waals surface area contributed by atoms with Crippen molar-refractivity contribution in [1.29, 1.82) is 0 Å². The number of aromatic nitrogens is 3. The molecule has 0 aliphatic carbocycles. The Hall–Kier alpha value is -2.47. The number of thioether (sulfide) groups is 1. The first kappa shape index (κ1) is 17.4. The molecule has 0 fully saturated rings. The predicted molar refractivity (Wildman–Crippen MR) is 100 cm³/mol. The summed E-state index contributed by atoms with van der Waals surface area (Å²) in [6.45, 7) is 2.75. The molecule has 5 nitrogen and oxygen atoms in total. The molecule has 1 N–H and O–H groups in total. The molecule has 0 spiro atoms. The lowest BCUT2D eigenvalue weighted by atomic mass is 10.2. The van der Waals surface area contributed by atoms with Crippen LogP contribution in [0.5, 0.6) is 11.5 Å². The van der Waals surface area contributed by atoms with Crippen LogP contribution >= 0.6 is 11.8 Å². The summed E-state index contributed by atoms with van der Waals surface area (Å²) in [6.07, 6.45) is 0.936. The van der Waals surface area contributed by atoms with Crippen molar-refractivity contribution in [2.24, 2.45) is 0 Å². The van der Waals surface area contributed by atoms with Crippen LogP contribution in [-0.4, -0.2) is 34.7 Å². The number of nitrogens with one attached hydrogen (secondary N) is 1. The molecule has 0 saturated carbocycles. The van der Waals surface area contributed by atoms with Crippen molar-refractivity contribution in [1.82, 2.24) is 15.2 Å². The molecule has 0 radical (unpaired) electrons. The number of aromatic amines is 1. The molecule has 130 valence electrons. The highest BCUT2D eigenvalue weighted by Crippen LogP contribution is 2.22. The first-order chi connectivity index (χ1) is 12.2. The van der Waals surface area contributed by atoms with Gasteiger partial charge in [0.05, 0.1) is 13.7 Å². The van der Waals surface area contributed by atoms with Gasteiger partial charge in [-0.3, -0.25) is 5.10 Å². The molecule has 0 aliphatic rings. The fraction of sp³-hybridized carbons (Fsp3) is 0.263. The standard InChI is InChI=1S/C19H21N3O2S/c1-14-5-3-6-17(13-14)24-11-4-12-25-19-20-18(21-22-19)15-7-9-16(23-2)10-8-15/h3,5-10,13H,4,11-12H2,1-2H3,(H,20,21,22). The van der Waals surface area contributed by atoms with Gasteiger partial charge >= 0.3 is 0 Å². The van der Waals surface area contributed by atoms with E-state index in [0.717, 1.165) is 40.2 Å². The molecule has 2 aromatic carbocycles. The van der Waals surface area contributed by atoms with Crippen molar-refractivity contribution < 1.29 is 9.47 Å². The quantitative estimate of drug-likeness (QED) is 0.481. The van der Waals surface area contributed by atoms with Gasteiger partial charge in [0.1, 0.15) is 11.5 Å². The lowest BCUT2D eigenvalue weighted by Crippen LogP contribution is -1.98. The second-order valence-corrected chi connectivity index (χ2v) is 6.62. The molecular formula is C19H21N3O2S. The van der Waals surface area contributed by atoms with Crippen LogP contribution in [0.3, 0.4) is 0 Å². The largest absolute Gasteiger partial charge is 0.497 e. The molecule has 0 saturated heterocycles. The zero-order chi connectivity index (χ0) is 17.5. The van der Waals surface area contributed by atoms with E-state index in [2.05, 4.69) is 28.2 Å². The predicted octanol–water partition coefficient (Wildman–Crippen LogP) is 4.35. The van der Waals surface area contributed by atoms with Crippen molar-refractivity contribution in [2.75, 3.05) is 19.5 Å². The van der Waals surface area contributed by atoms with E-state index in [1.807, 2.05) is 42.5 Å². The molecule has 6 heteroatoms. The van der Waals surface area contributed by atoms with Gasteiger partial charge in [-0.2, -0.15) is 0 Å². The third-order valence-corrected chi connectivity index (χ3v) is 4.54. The van der Waals surface area contributed by atoms with E-state index in [9.17, 15) is 0 Å². The Bertz CT molecular complexity index is 802. The topological polar surface area (TPSA) is 60.0 Å². The Morgan fingerprint density at radius 1 is 1.08 bits per heavy atom. The number of methoxy groups -OCH3 is 1. The smallest absolute Gasteiger partial charge is 0.208 e. The Kier molecular flexibility index (Phi) is 5.95. The second kappa shape index (κ2) is 8.58. The molecule has 0 aliphatic heterocycles. The van der Waals surface area contributed by atoms with Crippen molar-refractivity contribution in [3.05, 3.63) is 54.1 Å². The Morgan fingerprint density at radius 3 is 2.68 bits per heavy atom. The van der Waals surface area contributed by atoms with Gasteiger partial charge in [-0.1, -0.05) is 23.9 Å². The number of H-pyrrole nitrogens is 1. The normalized spacial score (nSPS) is 10.6. The van der Waals surface area contributed by atoms with Crippen LogP contribution in [0.1, 0.15) is 12.0 Å². The van der Waals surface area contributed by atoms with Crippen LogP contribution < -0.4 is 9.47 Å². The summed E-state index contributed by atoms with van der Waals surface area (Å²) in [4.78, 5) is 4.52. The van der Waals surface area contributed by atoms with E-state index < -0.39 is 0 Å². The van der Waals surface area contributed by atoms with Crippen LogP contribution in [-0.2, 0) is 0 Å². The molecule has 3 aromatic rings. The highest BCUT2D eigenvalue weighted by Gasteiger charge is 2.06. The molecule has 1 heterocycles. The van der Waals surface area contributed by atoms with Crippen LogP contribution in [0.25, 0.3) is 11.4 Å². The van der Waals surface area contributed by atoms with Crippen LogP contribution in [0.4, 0.5) is 0 Å². The first-order valence-electron chi connectivity index (χ1n) is 8.14. The zero-order valence-corrected chi connectivity index (χ0v) is 15.2. The summed E-state index contributed by atoms with van der Waals surface area (Å²) < 4.78 is 10.9. The number of hydrogen-bond donors (Lipinski definition) is 1. The minimum absolute atomic E-state index is 0.687. The fourth-order valence-corrected chi connectivity index (χ4v) is 3.02. The molecule has 0 unspecified atom stereocenters. The van der Waals surface area contributed by atoms with Crippen molar-refractivity contribution in [3.63, 3.8) is 0 Å². The minimum atomic E-state index is 0.687. The second-order valence-electron chi connectivity index (χ2n) is 5.56. The van der Waals surface area contributed by atoms with Crippen molar-refractivity contribution >= 4 is 11.8 Å². The maximum atomic E-state index is 5.75. The fourth-order valence-electron chi connectivity index (χ4n) is 2.31. The van der Waals surface area contributed by atoms with E-state index in [-0.39, 0.29) is 0 Å². The summed E-state index contributed by atoms with van der Waals surface area (Å²) in [5.74, 6) is 3.42. The third kappa shape index (κ3) is 5.00. The first-order valence-corrected chi connectivity index (χ1v) is 9.12. The summed E-state index contributed by atoms with van der Waals surface area (Å²) >= 11 is 1.62. The van der Waals surface area contributed by atoms with E-state index >= 15 is 0 Å². The average molecular weight is 355 g/mol. The molecule has 0 atom stereocenters. The molecule has 3 rings (SSSR count). The minimum Gasteiger partial charge on any atom is -0.497 e. The van der Waals surface area contributed by atoms with Crippen LogP contribution in [0.2, 0.25) is 0 Å². The maximum Gasteiger partial charge on any atom is 0.208 e. The van der Waals surface area contributed by atoms with Gasteiger partial charge in [0, 0.05) is 11.3 Å². The molecule has 0 bridgehead atoms. The highest BCUT2D eigenvalue weighted by atomic mass is 32.2. The van der Waals surface area contributed by atoms with Gasteiger partial charge in [-0.25, -0.2) is 4.98 Å². The van der Waals surface area contributed by atoms with Crippen LogP contribution in [0.15, 0.2) is 53.7 Å². The van der Waals surface area contributed by atoms with Gasteiger partial charge in [0.2, 0.25) is 5.16 Å². The maximum absolute atomic E-state index is 5.75. The van der Waals surface area contributed by atoms with Crippen LogP contribution in [0, 0.1) is 6.92 Å².